The smallest absolute Gasteiger partial charge is 0.0852 e. The number of allylic oxidation sites excluding steroid dienone is 6. The van der Waals surface area contributed by atoms with Crippen molar-refractivity contribution in [2.24, 2.45) is 0 Å². The van der Waals surface area contributed by atoms with E-state index in [9.17, 15) is 0 Å². The molecule has 0 N–H and O–H groups in total. The van der Waals surface area contributed by atoms with Gasteiger partial charge in [0.05, 0.1) is 0 Å². The molecule has 0 aliphatic heterocycles. The van der Waals surface area contributed by atoms with Gasteiger partial charge < -0.3 is 0 Å². The van der Waals surface area contributed by atoms with E-state index in [1.165, 1.54) is 8.53 Å². The van der Waals surface area contributed by atoms with Crippen molar-refractivity contribution in [3.8, 4) is 0 Å². The molecule has 1 aliphatic carbocycles. The molecule has 0 aromatic heterocycles. The summed E-state index contributed by atoms with van der Waals surface area (Å²) < 4.78 is 2.95. The van der Waals surface area contributed by atoms with Gasteiger partial charge in [0.1, 0.15) is 0 Å². The fourth-order valence-electron chi connectivity index (χ4n) is 0.808. The average Bonchev–Trinajstić information content (AvgIpc) is 2.79. The molecule has 1 aromatic carbocycles. The van der Waals surface area contributed by atoms with Crippen molar-refractivity contribution < 1.29 is 27.2 Å². The molecule has 0 spiro atoms. The third kappa shape index (κ3) is 14.4. The van der Waals surface area contributed by atoms with Gasteiger partial charge in [-0.15, -0.1) is 6.08 Å². The van der Waals surface area contributed by atoms with Crippen LogP contribution in [0.4, 0.5) is 0 Å². The van der Waals surface area contributed by atoms with E-state index >= 15 is 0 Å². The molecule has 2 rings (SSSR count). The van der Waals surface area contributed by atoms with Crippen molar-refractivity contribution >= 4 is 8.53 Å². The molecule has 0 saturated heterocycles. The molecule has 0 radical (unpaired) electrons. The Kier molecular flexibility index (Phi) is 13.1. The van der Waals surface area contributed by atoms with Crippen molar-refractivity contribution in [1.29, 1.82) is 0 Å². The molecule has 0 bridgehead atoms. The van der Waals surface area contributed by atoms with Crippen LogP contribution in [0.5, 0.6) is 0 Å². The molecular weight excluding hydrogens is 296 g/mol. The van der Waals surface area contributed by atoms with Gasteiger partial charge in [0.2, 0.25) is 0 Å². The van der Waals surface area contributed by atoms with E-state index in [0.717, 1.165) is 6.42 Å². The summed E-state index contributed by atoms with van der Waals surface area (Å²) in [4.78, 5) is 18.2. The minimum atomic E-state index is -1.12. The maximum Gasteiger partial charge on any atom is -0.0852 e. The third-order valence-electron chi connectivity index (χ3n) is 1.45. The molecular formula is C14H12MoO2. The Hall–Kier alpha value is -1.58. The predicted octanol–water partition coefficient (Wildman–Crippen LogP) is 2.47. The summed E-state index contributed by atoms with van der Waals surface area (Å²) in [7, 11) is 0. The van der Waals surface area contributed by atoms with E-state index < -0.39 is 17.6 Å². The molecule has 0 atom stereocenters. The Bertz CT molecular complexity index is 407. The monoisotopic (exact) mass is 310 g/mol. The minimum absolute atomic E-state index is 0.951. The van der Waals surface area contributed by atoms with Crippen LogP contribution in [0.25, 0.3) is 0 Å². The van der Waals surface area contributed by atoms with E-state index in [0.29, 0.717) is 0 Å². The first-order chi connectivity index (χ1) is 8.41. The topological polar surface area (TPSA) is 34.1 Å². The van der Waals surface area contributed by atoms with Gasteiger partial charge in [-0.3, -0.25) is 6.08 Å². The number of hydrogen-bond acceptors (Lipinski definition) is 2. The second-order valence-electron chi connectivity index (χ2n) is 2.62. The van der Waals surface area contributed by atoms with Gasteiger partial charge in [0.15, 0.2) is 0 Å². The molecule has 2 nitrogen and oxygen atoms in total. The van der Waals surface area contributed by atoms with Crippen molar-refractivity contribution in [2.75, 3.05) is 0 Å². The minimum Gasteiger partial charge on any atom is -0.271 e. The SMILES string of the molecule is O=[C]=[Mo+2]=[C]=O.[C-]1=CC=CC=CC1.c1cc[cH-]c1. The summed E-state index contributed by atoms with van der Waals surface area (Å²) in [5.41, 5.74) is 0. The van der Waals surface area contributed by atoms with Gasteiger partial charge in [-0.2, -0.15) is 18.2 Å². The van der Waals surface area contributed by atoms with E-state index in [-0.39, 0.29) is 0 Å². The standard InChI is InChI=1S/C7H7.C5H5.2CO.Mo/c1-2-4-6-7-5-3-1;1-2-4-5-3-1;2*1-2;/h1-5H,6H2;1-5H;;;/q2*-1;;;+2. The number of rotatable bonds is 0. The van der Waals surface area contributed by atoms with Crippen LogP contribution in [0.2, 0.25) is 0 Å². The van der Waals surface area contributed by atoms with Crippen LogP contribution in [0.15, 0.2) is 60.7 Å². The normalized spacial score (nSPS) is 10.4. The molecule has 17 heavy (non-hydrogen) atoms. The Morgan fingerprint density at radius 2 is 1.76 bits per heavy atom. The van der Waals surface area contributed by atoms with E-state index in [1.54, 1.807) is 0 Å². The Labute approximate surface area is 109 Å². The first-order valence-electron chi connectivity index (χ1n) is 4.87. The number of carbonyl (C=O) groups excluding carboxylic acids is 2. The zero-order valence-corrected chi connectivity index (χ0v) is 11.2. The summed E-state index contributed by atoms with van der Waals surface area (Å²) in [6.45, 7) is 0. The van der Waals surface area contributed by atoms with E-state index in [2.05, 4.69) is 12.2 Å². The largest absolute Gasteiger partial charge is 0.271 e. The Balaban J connectivity index is 0.000000232. The van der Waals surface area contributed by atoms with Crippen molar-refractivity contribution in [3.63, 3.8) is 0 Å². The van der Waals surface area contributed by atoms with Crippen molar-refractivity contribution in [3.05, 3.63) is 66.8 Å². The second kappa shape index (κ2) is 14.4. The molecule has 86 valence electrons. The average molecular weight is 308 g/mol. The summed E-state index contributed by atoms with van der Waals surface area (Å²) in [5.74, 6) is 0. The van der Waals surface area contributed by atoms with Crippen LogP contribution in [-0.4, -0.2) is 8.53 Å². The first kappa shape index (κ1) is 15.4. The number of hydrogen-bond donors (Lipinski definition) is 0. The first-order valence-corrected chi connectivity index (χ1v) is 6.87. The fourth-order valence-corrected chi connectivity index (χ4v) is 0.892. The van der Waals surface area contributed by atoms with Gasteiger partial charge in [0.25, 0.3) is 0 Å². The van der Waals surface area contributed by atoms with Gasteiger partial charge in [-0.25, -0.2) is 24.3 Å². The van der Waals surface area contributed by atoms with Crippen LogP contribution in [-0.2, 0) is 27.2 Å². The third-order valence-corrected chi connectivity index (χ3v) is 1.86. The van der Waals surface area contributed by atoms with Crippen LogP contribution in [0.1, 0.15) is 6.42 Å². The summed E-state index contributed by atoms with van der Waals surface area (Å²) >= 11 is -1.12. The van der Waals surface area contributed by atoms with Gasteiger partial charge in [-0.1, -0.05) is 18.6 Å². The van der Waals surface area contributed by atoms with Gasteiger partial charge in [-0.05, 0) is 0 Å². The predicted molar refractivity (Wildman–Crippen MR) is 64.1 cm³/mol. The Morgan fingerprint density at radius 1 is 1.06 bits per heavy atom. The summed E-state index contributed by atoms with van der Waals surface area (Å²) in [6.07, 6.45) is 14.0. The van der Waals surface area contributed by atoms with E-state index in [1.807, 2.05) is 54.6 Å². The van der Waals surface area contributed by atoms with Crippen molar-refractivity contribution in [2.45, 2.75) is 6.42 Å². The second-order valence-corrected chi connectivity index (χ2v) is 3.94. The van der Waals surface area contributed by atoms with Gasteiger partial charge in [0, 0.05) is 0 Å². The van der Waals surface area contributed by atoms with Crippen LogP contribution in [0, 0.1) is 6.08 Å². The summed E-state index contributed by atoms with van der Waals surface area (Å²) in [6, 6.07) is 10.0. The maximum atomic E-state index is 9.08. The molecule has 0 saturated carbocycles. The molecule has 0 amide bonds. The fraction of sp³-hybridized carbons (Fsp3) is 0.0714. The van der Waals surface area contributed by atoms with E-state index in [4.69, 9.17) is 9.59 Å². The maximum absolute atomic E-state index is 9.08. The molecule has 3 heteroatoms. The van der Waals surface area contributed by atoms with Crippen LogP contribution < -0.4 is 0 Å². The van der Waals surface area contributed by atoms with Crippen molar-refractivity contribution in [1.82, 2.24) is 0 Å². The zero-order chi connectivity index (χ0) is 12.6. The van der Waals surface area contributed by atoms with Gasteiger partial charge >= 0.3 is 35.8 Å². The zero-order valence-electron chi connectivity index (χ0n) is 9.21. The van der Waals surface area contributed by atoms with Crippen LogP contribution in [0.3, 0.4) is 0 Å². The molecule has 0 unspecified atom stereocenters. The van der Waals surface area contributed by atoms with Crippen LogP contribution >= 0.6 is 0 Å². The Morgan fingerprint density at radius 3 is 2.24 bits per heavy atom. The molecule has 1 aromatic rings. The summed E-state index contributed by atoms with van der Waals surface area (Å²) in [5, 5.41) is 0. The quantitative estimate of drug-likeness (QED) is 0.545. The molecule has 1 aliphatic rings. The molecule has 0 fully saturated rings. The molecule has 0 heterocycles.